The standard InChI is InChI=1S/C18H19F2N4O9P/c1-31-17(28)22-12-7-8-24(16(27)21-12)15-18(19,20)13(25)11(33-15)9-32-34(29,30)23-14(26)10-5-3-2-4-6-10/h2-8,11,13,15,25H,9H2,1H3,(H,21,22,27,28)(H2,23,26,29,30)/t11-,13-,15-/m1/s1. The van der Waals surface area contributed by atoms with Gasteiger partial charge in [0.25, 0.3) is 5.91 Å². The summed E-state index contributed by atoms with van der Waals surface area (Å²) < 4.78 is 55.8. The van der Waals surface area contributed by atoms with Crippen molar-refractivity contribution in [1.29, 1.82) is 0 Å². The van der Waals surface area contributed by atoms with E-state index in [1.807, 2.05) is 0 Å². The lowest BCUT2D eigenvalue weighted by molar-refractivity contribution is -0.140. The van der Waals surface area contributed by atoms with Crippen LogP contribution in [0.5, 0.6) is 0 Å². The van der Waals surface area contributed by atoms with Crippen LogP contribution in [-0.4, -0.2) is 63.4 Å². The molecule has 1 aliphatic heterocycles. The Kier molecular flexibility index (Phi) is 7.43. The molecule has 13 nitrogen and oxygen atoms in total. The maximum absolute atomic E-state index is 14.6. The first kappa shape index (κ1) is 25.4. The fourth-order valence-corrected chi connectivity index (χ4v) is 3.71. The molecule has 0 bridgehead atoms. The van der Waals surface area contributed by atoms with Gasteiger partial charge in [0.05, 0.1) is 13.7 Å². The smallest absolute Gasteiger partial charge is 0.432 e. The van der Waals surface area contributed by atoms with E-state index in [1.165, 1.54) is 24.3 Å². The van der Waals surface area contributed by atoms with Crippen LogP contribution < -0.4 is 16.1 Å². The molecular formula is C18H19F2N4O9P. The van der Waals surface area contributed by atoms with Gasteiger partial charge in [0, 0.05) is 11.8 Å². The summed E-state index contributed by atoms with van der Waals surface area (Å²) >= 11 is 0. The molecule has 1 fully saturated rings. The van der Waals surface area contributed by atoms with Gasteiger partial charge >= 0.3 is 25.5 Å². The Morgan fingerprint density at radius 3 is 2.59 bits per heavy atom. The van der Waals surface area contributed by atoms with Gasteiger partial charge < -0.3 is 19.5 Å². The number of carbonyl (C=O) groups is 2. The molecule has 1 unspecified atom stereocenters. The van der Waals surface area contributed by atoms with Gasteiger partial charge in [0.15, 0.2) is 6.10 Å². The predicted molar refractivity (Wildman–Crippen MR) is 109 cm³/mol. The number of aromatic nitrogens is 2. The number of aliphatic hydroxyl groups excluding tert-OH is 1. The summed E-state index contributed by atoms with van der Waals surface area (Å²) in [4.78, 5) is 48.6. The van der Waals surface area contributed by atoms with Crippen LogP contribution in [0.1, 0.15) is 16.6 Å². The van der Waals surface area contributed by atoms with Crippen LogP contribution in [0.25, 0.3) is 0 Å². The van der Waals surface area contributed by atoms with E-state index in [2.05, 4.69) is 19.6 Å². The molecule has 0 aliphatic carbocycles. The number of nitrogens with one attached hydrogen (secondary N) is 2. The number of methoxy groups -OCH3 is 1. The number of halogens is 2. The Labute approximate surface area is 189 Å². The summed E-state index contributed by atoms with van der Waals surface area (Å²) in [5.74, 6) is -5.28. The maximum Gasteiger partial charge on any atom is 0.432 e. The van der Waals surface area contributed by atoms with E-state index in [4.69, 9.17) is 4.74 Å². The second-order valence-electron chi connectivity index (χ2n) is 6.89. The van der Waals surface area contributed by atoms with Crippen molar-refractivity contribution in [3.8, 4) is 0 Å². The number of hydrogen-bond donors (Lipinski definition) is 4. The third kappa shape index (κ3) is 5.63. The van der Waals surface area contributed by atoms with Gasteiger partial charge in [0.2, 0.25) is 6.23 Å². The number of anilines is 1. The van der Waals surface area contributed by atoms with Crippen molar-refractivity contribution in [1.82, 2.24) is 14.6 Å². The van der Waals surface area contributed by atoms with E-state index in [-0.39, 0.29) is 11.4 Å². The minimum atomic E-state index is -4.83. The molecule has 0 radical (unpaired) electrons. The van der Waals surface area contributed by atoms with Crippen LogP contribution in [0.2, 0.25) is 0 Å². The number of aliphatic hydroxyl groups is 1. The molecule has 2 amide bonds. The van der Waals surface area contributed by atoms with Crippen molar-refractivity contribution >= 4 is 25.6 Å². The lowest BCUT2D eigenvalue weighted by Gasteiger charge is -2.21. The number of amides is 2. The van der Waals surface area contributed by atoms with Crippen molar-refractivity contribution in [2.75, 3.05) is 19.0 Å². The van der Waals surface area contributed by atoms with Crippen LogP contribution in [0, 0.1) is 0 Å². The first-order valence-corrected chi connectivity index (χ1v) is 11.0. The normalized spacial score (nSPS) is 23.0. The Balaban J connectivity index is 1.69. The largest absolute Gasteiger partial charge is 0.453 e. The lowest BCUT2D eigenvalue weighted by atomic mass is 10.1. The summed E-state index contributed by atoms with van der Waals surface area (Å²) in [5, 5.41) is 13.8. The summed E-state index contributed by atoms with van der Waals surface area (Å²) in [7, 11) is -3.77. The summed E-state index contributed by atoms with van der Waals surface area (Å²) in [6, 6.07) is 8.38. The Morgan fingerprint density at radius 1 is 1.29 bits per heavy atom. The van der Waals surface area contributed by atoms with Crippen molar-refractivity contribution in [3.05, 3.63) is 58.6 Å². The second-order valence-corrected chi connectivity index (χ2v) is 8.41. The first-order valence-electron chi connectivity index (χ1n) is 9.45. The van der Waals surface area contributed by atoms with Crippen LogP contribution in [0.3, 0.4) is 0 Å². The number of ether oxygens (including phenoxy) is 2. The monoisotopic (exact) mass is 504 g/mol. The molecule has 1 aromatic heterocycles. The SMILES string of the molecule is COC(=O)Nc1ccn([C@@H]2O[C@H](COP(=O)(O)NC(=O)c3ccccc3)[C@@H](O)C2(F)F)c(=O)n1. The van der Waals surface area contributed by atoms with E-state index >= 15 is 0 Å². The summed E-state index contributed by atoms with van der Waals surface area (Å²) in [6.07, 6.45) is -6.85. The van der Waals surface area contributed by atoms with Crippen LogP contribution >= 0.6 is 7.75 Å². The third-order valence-electron chi connectivity index (χ3n) is 4.57. The highest BCUT2D eigenvalue weighted by Crippen LogP contribution is 2.44. The minimum Gasteiger partial charge on any atom is -0.453 e. The molecule has 184 valence electrons. The highest BCUT2D eigenvalue weighted by atomic mass is 31.2. The fourth-order valence-electron chi connectivity index (χ4n) is 2.91. The van der Waals surface area contributed by atoms with E-state index in [0.717, 1.165) is 19.4 Å². The fraction of sp³-hybridized carbons (Fsp3) is 0.333. The van der Waals surface area contributed by atoms with Crippen molar-refractivity contribution in [2.45, 2.75) is 24.4 Å². The number of alkyl halides is 2. The molecule has 0 spiro atoms. The third-order valence-corrected chi connectivity index (χ3v) is 5.55. The topological polar surface area (TPSA) is 178 Å². The van der Waals surface area contributed by atoms with Gasteiger partial charge in [-0.25, -0.2) is 14.2 Å². The highest BCUT2D eigenvalue weighted by Gasteiger charge is 2.60. The quantitative estimate of drug-likeness (QED) is 0.395. The average molecular weight is 504 g/mol. The molecule has 2 aromatic rings. The average Bonchev–Trinajstić information content (AvgIpc) is 3.01. The highest BCUT2D eigenvalue weighted by molar-refractivity contribution is 7.51. The summed E-state index contributed by atoms with van der Waals surface area (Å²) in [5.41, 5.74) is -1.21. The molecule has 16 heteroatoms. The van der Waals surface area contributed by atoms with Gasteiger partial charge in [-0.2, -0.15) is 13.8 Å². The van der Waals surface area contributed by atoms with Crippen molar-refractivity contribution in [2.24, 2.45) is 0 Å². The van der Waals surface area contributed by atoms with Gasteiger partial charge in [-0.3, -0.25) is 24.3 Å². The van der Waals surface area contributed by atoms with Crippen LogP contribution in [-0.2, 0) is 18.6 Å². The zero-order chi connectivity index (χ0) is 25.1. The molecule has 34 heavy (non-hydrogen) atoms. The van der Waals surface area contributed by atoms with E-state index in [0.29, 0.717) is 4.57 Å². The number of benzene rings is 1. The van der Waals surface area contributed by atoms with E-state index < -0.39 is 56.4 Å². The Bertz CT molecular complexity index is 1160. The first-order chi connectivity index (χ1) is 15.9. The Morgan fingerprint density at radius 2 is 1.97 bits per heavy atom. The molecule has 4 N–H and O–H groups in total. The lowest BCUT2D eigenvalue weighted by Crippen LogP contribution is -2.42. The second kappa shape index (κ2) is 9.95. The van der Waals surface area contributed by atoms with Gasteiger partial charge in [-0.05, 0) is 18.2 Å². The number of hydrogen-bond acceptors (Lipinski definition) is 9. The molecule has 1 saturated heterocycles. The van der Waals surface area contributed by atoms with Crippen LogP contribution in [0.4, 0.5) is 19.4 Å². The van der Waals surface area contributed by atoms with E-state index in [1.54, 1.807) is 11.2 Å². The molecule has 1 aromatic carbocycles. The zero-order valence-corrected chi connectivity index (χ0v) is 18.2. The Hall–Kier alpha value is -3.23. The van der Waals surface area contributed by atoms with Crippen molar-refractivity contribution in [3.63, 3.8) is 0 Å². The predicted octanol–water partition coefficient (Wildman–Crippen LogP) is 0.862. The molecular weight excluding hydrogens is 485 g/mol. The number of nitrogens with zero attached hydrogens (tertiary/aromatic N) is 2. The molecule has 0 saturated carbocycles. The molecule has 3 rings (SSSR count). The van der Waals surface area contributed by atoms with E-state index in [9.17, 15) is 37.7 Å². The minimum absolute atomic E-state index is 0.0427. The zero-order valence-electron chi connectivity index (χ0n) is 17.3. The molecule has 2 heterocycles. The number of rotatable bonds is 7. The molecule has 1 aliphatic rings. The van der Waals surface area contributed by atoms with Gasteiger partial charge in [0.1, 0.15) is 11.9 Å². The maximum atomic E-state index is 14.6. The number of carbonyl (C=O) groups excluding carboxylic acids is 2. The van der Waals surface area contributed by atoms with Gasteiger partial charge in [-0.1, -0.05) is 18.2 Å². The van der Waals surface area contributed by atoms with Crippen LogP contribution in [0.15, 0.2) is 47.4 Å². The van der Waals surface area contributed by atoms with Gasteiger partial charge in [-0.15, -0.1) is 0 Å². The van der Waals surface area contributed by atoms with Crippen molar-refractivity contribution < 1.29 is 46.9 Å². The summed E-state index contributed by atoms with van der Waals surface area (Å²) in [6.45, 7) is -1.03. The molecule has 4 atom stereocenters.